The summed E-state index contributed by atoms with van der Waals surface area (Å²) in [7, 11) is 0. The molecule has 0 fully saturated rings. The predicted octanol–water partition coefficient (Wildman–Crippen LogP) is 3.65. The van der Waals surface area contributed by atoms with Gasteiger partial charge in [-0.3, -0.25) is 0 Å². The maximum atomic E-state index is 14.2. The molecule has 1 aromatic carbocycles. The fourth-order valence-electron chi connectivity index (χ4n) is 2.76. The van der Waals surface area contributed by atoms with Crippen LogP contribution >= 0.6 is 0 Å². The topological polar surface area (TPSA) is 15.3 Å². The first kappa shape index (κ1) is 14.1. The largest absolute Gasteiger partial charge is 0.367 e. The predicted molar refractivity (Wildman–Crippen MR) is 79.1 cm³/mol. The molecule has 19 heavy (non-hydrogen) atoms. The van der Waals surface area contributed by atoms with Gasteiger partial charge in [-0.25, -0.2) is 4.39 Å². The molecule has 1 atom stereocenters. The Bertz CT molecular complexity index is 468. The summed E-state index contributed by atoms with van der Waals surface area (Å²) in [4.78, 5) is 2.28. The van der Waals surface area contributed by atoms with Crippen LogP contribution in [0.15, 0.2) is 29.8 Å². The SMILES string of the molecule is CCNC(C)c1c(F)cccc1N1CCC=C(C)C1. The molecule has 1 aliphatic heterocycles. The third-order valence-corrected chi connectivity index (χ3v) is 3.65. The van der Waals surface area contributed by atoms with E-state index >= 15 is 0 Å². The van der Waals surface area contributed by atoms with Gasteiger partial charge in [-0.05, 0) is 38.9 Å². The highest BCUT2D eigenvalue weighted by molar-refractivity contribution is 5.57. The van der Waals surface area contributed by atoms with E-state index in [0.29, 0.717) is 0 Å². The van der Waals surface area contributed by atoms with Crippen LogP contribution in [0.25, 0.3) is 0 Å². The van der Waals surface area contributed by atoms with E-state index in [2.05, 4.69) is 23.2 Å². The Labute approximate surface area is 115 Å². The average molecular weight is 262 g/mol. The summed E-state index contributed by atoms with van der Waals surface area (Å²) >= 11 is 0. The Morgan fingerprint density at radius 3 is 2.89 bits per heavy atom. The summed E-state index contributed by atoms with van der Waals surface area (Å²) in [5.41, 5.74) is 3.18. The molecule has 0 aromatic heterocycles. The van der Waals surface area contributed by atoms with Crippen LogP contribution in [0.5, 0.6) is 0 Å². The first-order valence-electron chi connectivity index (χ1n) is 7.05. The lowest BCUT2D eigenvalue weighted by atomic mass is 10.0. The number of halogens is 1. The van der Waals surface area contributed by atoms with Crippen molar-refractivity contribution in [3.8, 4) is 0 Å². The third-order valence-electron chi connectivity index (χ3n) is 3.65. The van der Waals surface area contributed by atoms with Crippen LogP contribution in [0.4, 0.5) is 10.1 Å². The Morgan fingerprint density at radius 2 is 2.21 bits per heavy atom. The highest BCUT2D eigenvalue weighted by Gasteiger charge is 2.20. The molecule has 0 bridgehead atoms. The van der Waals surface area contributed by atoms with Crippen molar-refractivity contribution in [2.45, 2.75) is 33.2 Å². The second-order valence-corrected chi connectivity index (χ2v) is 5.21. The molecule has 0 saturated carbocycles. The van der Waals surface area contributed by atoms with Crippen LogP contribution in [-0.2, 0) is 0 Å². The molecule has 1 aromatic rings. The van der Waals surface area contributed by atoms with Crippen molar-refractivity contribution < 1.29 is 4.39 Å². The quantitative estimate of drug-likeness (QED) is 0.833. The van der Waals surface area contributed by atoms with Crippen molar-refractivity contribution >= 4 is 5.69 Å². The fraction of sp³-hybridized carbons (Fsp3) is 0.500. The molecule has 0 amide bonds. The van der Waals surface area contributed by atoms with E-state index in [1.165, 1.54) is 5.57 Å². The molecular formula is C16H23FN2. The highest BCUT2D eigenvalue weighted by Crippen LogP contribution is 2.30. The zero-order valence-corrected chi connectivity index (χ0v) is 12.0. The standard InChI is InChI=1S/C16H23FN2/c1-4-18-13(3)16-14(17)8-5-9-15(16)19-10-6-7-12(2)11-19/h5,7-9,13,18H,4,6,10-11H2,1-3H3. The molecule has 0 aliphatic carbocycles. The Kier molecular flexibility index (Phi) is 4.59. The Hall–Kier alpha value is -1.35. The second kappa shape index (κ2) is 6.20. The molecule has 1 aliphatic rings. The van der Waals surface area contributed by atoms with Gasteiger partial charge in [0, 0.05) is 30.4 Å². The van der Waals surface area contributed by atoms with Gasteiger partial charge in [-0.1, -0.05) is 24.6 Å². The molecular weight excluding hydrogens is 239 g/mol. The van der Waals surface area contributed by atoms with E-state index in [4.69, 9.17) is 0 Å². The molecule has 0 spiro atoms. The number of nitrogens with one attached hydrogen (secondary N) is 1. The number of anilines is 1. The summed E-state index contributed by atoms with van der Waals surface area (Å²) in [6, 6.07) is 5.43. The van der Waals surface area contributed by atoms with E-state index in [0.717, 1.165) is 37.3 Å². The van der Waals surface area contributed by atoms with E-state index in [1.807, 2.05) is 19.9 Å². The lowest BCUT2D eigenvalue weighted by molar-refractivity contribution is 0.539. The van der Waals surface area contributed by atoms with E-state index in [-0.39, 0.29) is 11.9 Å². The molecule has 3 heteroatoms. The van der Waals surface area contributed by atoms with Gasteiger partial charge in [0.25, 0.3) is 0 Å². The monoisotopic (exact) mass is 262 g/mol. The van der Waals surface area contributed by atoms with E-state index in [9.17, 15) is 4.39 Å². The van der Waals surface area contributed by atoms with Crippen LogP contribution < -0.4 is 10.2 Å². The van der Waals surface area contributed by atoms with Crippen molar-refractivity contribution in [3.05, 3.63) is 41.2 Å². The van der Waals surface area contributed by atoms with E-state index in [1.54, 1.807) is 12.1 Å². The summed E-state index contributed by atoms with van der Waals surface area (Å²) in [6.45, 7) is 8.91. The van der Waals surface area contributed by atoms with Gasteiger partial charge >= 0.3 is 0 Å². The Balaban J connectivity index is 2.34. The van der Waals surface area contributed by atoms with Crippen molar-refractivity contribution in [2.75, 3.05) is 24.5 Å². The normalized spacial score (nSPS) is 17.3. The summed E-state index contributed by atoms with van der Waals surface area (Å²) in [6.07, 6.45) is 3.31. The maximum absolute atomic E-state index is 14.2. The van der Waals surface area contributed by atoms with Gasteiger partial charge in [0.1, 0.15) is 5.82 Å². The van der Waals surface area contributed by atoms with Gasteiger partial charge in [0.05, 0.1) is 0 Å². The van der Waals surface area contributed by atoms with Crippen molar-refractivity contribution in [2.24, 2.45) is 0 Å². The number of rotatable bonds is 4. The first-order valence-corrected chi connectivity index (χ1v) is 7.05. The second-order valence-electron chi connectivity index (χ2n) is 5.21. The zero-order valence-electron chi connectivity index (χ0n) is 12.0. The van der Waals surface area contributed by atoms with Crippen molar-refractivity contribution in [3.63, 3.8) is 0 Å². The minimum Gasteiger partial charge on any atom is -0.367 e. The number of hydrogen-bond acceptors (Lipinski definition) is 2. The molecule has 2 rings (SSSR count). The van der Waals surface area contributed by atoms with Crippen molar-refractivity contribution in [1.82, 2.24) is 5.32 Å². The van der Waals surface area contributed by atoms with Gasteiger partial charge in [-0.2, -0.15) is 0 Å². The van der Waals surface area contributed by atoms with Gasteiger partial charge in [-0.15, -0.1) is 0 Å². The van der Waals surface area contributed by atoms with Gasteiger partial charge in [0.15, 0.2) is 0 Å². The van der Waals surface area contributed by atoms with Crippen LogP contribution in [0.3, 0.4) is 0 Å². The fourth-order valence-corrected chi connectivity index (χ4v) is 2.76. The number of hydrogen-bond donors (Lipinski definition) is 1. The molecule has 104 valence electrons. The lowest BCUT2D eigenvalue weighted by Crippen LogP contribution is -2.31. The van der Waals surface area contributed by atoms with Gasteiger partial charge in [0.2, 0.25) is 0 Å². The highest BCUT2D eigenvalue weighted by atomic mass is 19.1. The van der Waals surface area contributed by atoms with E-state index < -0.39 is 0 Å². The molecule has 0 radical (unpaired) electrons. The minimum absolute atomic E-state index is 0.0346. The molecule has 0 saturated heterocycles. The summed E-state index contributed by atoms with van der Waals surface area (Å²) in [5.74, 6) is -0.113. The molecule has 1 N–H and O–H groups in total. The van der Waals surface area contributed by atoms with Crippen LogP contribution in [-0.4, -0.2) is 19.6 Å². The summed E-state index contributed by atoms with van der Waals surface area (Å²) < 4.78 is 14.2. The van der Waals surface area contributed by atoms with Crippen molar-refractivity contribution in [1.29, 1.82) is 0 Å². The smallest absolute Gasteiger partial charge is 0.130 e. The number of nitrogens with zero attached hydrogens (tertiary/aromatic N) is 1. The van der Waals surface area contributed by atoms with Gasteiger partial charge < -0.3 is 10.2 Å². The zero-order chi connectivity index (χ0) is 13.8. The lowest BCUT2D eigenvalue weighted by Gasteiger charge is -2.31. The summed E-state index contributed by atoms with van der Waals surface area (Å²) in [5, 5.41) is 3.31. The molecule has 1 unspecified atom stereocenters. The first-order chi connectivity index (χ1) is 9.13. The van der Waals surface area contributed by atoms with Crippen LogP contribution in [0.1, 0.15) is 38.8 Å². The average Bonchev–Trinajstić information content (AvgIpc) is 2.38. The van der Waals surface area contributed by atoms with Crippen LogP contribution in [0.2, 0.25) is 0 Å². The number of benzene rings is 1. The third kappa shape index (κ3) is 3.16. The Morgan fingerprint density at radius 1 is 1.42 bits per heavy atom. The van der Waals surface area contributed by atoms with Crippen LogP contribution in [0, 0.1) is 5.82 Å². The molecule has 2 nitrogen and oxygen atoms in total. The maximum Gasteiger partial charge on any atom is 0.130 e. The molecule has 1 heterocycles. The minimum atomic E-state index is -0.113.